The molecule has 4 aromatic heterocycles. The van der Waals surface area contributed by atoms with Crippen molar-refractivity contribution >= 4 is 61.3 Å². The number of anilines is 2. The second kappa shape index (κ2) is 9.67. The summed E-state index contributed by atoms with van der Waals surface area (Å²) in [4.78, 5) is 46.5. The van der Waals surface area contributed by atoms with E-state index in [0.717, 1.165) is 34.9 Å². The third kappa shape index (κ3) is 4.08. The van der Waals surface area contributed by atoms with Crippen LogP contribution in [0.3, 0.4) is 0 Å². The van der Waals surface area contributed by atoms with Crippen molar-refractivity contribution in [2.45, 2.75) is 37.9 Å². The number of rotatable bonds is 5. The molecule has 3 N–H and O–H groups in total. The molecule has 7 rings (SSSR count). The number of halogens is 1. The van der Waals surface area contributed by atoms with Crippen LogP contribution >= 0.6 is 15.9 Å². The van der Waals surface area contributed by atoms with E-state index in [2.05, 4.69) is 41.2 Å². The van der Waals surface area contributed by atoms with Crippen LogP contribution in [-0.2, 0) is 16.1 Å². The Kier molecular flexibility index (Phi) is 5.96. The van der Waals surface area contributed by atoms with Crippen LogP contribution in [0.25, 0.3) is 33.1 Å². The second-order valence-corrected chi connectivity index (χ2v) is 11.1. The van der Waals surface area contributed by atoms with Crippen LogP contribution in [0.4, 0.5) is 11.6 Å². The van der Waals surface area contributed by atoms with Gasteiger partial charge in [0.2, 0.25) is 11.8 Å². The molecule has 1 aromatic carbocycles. The van der Waals surface area contributed by atoms with Crippen molar-refractivity contribution in [2.75, 3.05) is 11.1 Å². The number of benzene rings is 1. The predicted octanol–water partition coefficient (Wildman–Crippen LogP) is 4.40. The number of pyridine rings is 2. The summed E-state index contributed by atoms with van der Waals surface area (Å²) in [6.07, 6.45) is 7.52. The van der Waals surface area contributed by atoms with Crippen LogP contribution in [-0.4, -0.2) is 53.3 Å². The molecule has 1 aliphatic carbocycles. The summed E-state index contributed by atoms with van der Waals surface area (Å²) in [5.41, 5.74) is 9.70. The van der Waals surface area contributed by atoms with E-state index in [1.807, 2.05) is 41.0 Å². The molecule has 2 amide bonds. The van der Waals surface area contributed by atoms with E-state index in [4.69, 9.17) is 5.73 Å². The van der Waals surface area contributed by atoms with E-state index in [0.29, 0.717) is 39.6 Å². The third-order valence-electron chi connectivity index (χ3n) is 8.11. The highest BCUT2D eigenvalue weighted by atomic mass is 79.9. The number of hydrogen-bond acceptors (Lipinski definition) is 7. The van der Waals surface area contributed by atoms with Crippen LogP contribution in [0.5, 0.6) is 0 Å². The van der Waals surface area contributed by atoms with Gasteiger partial charge in [-0.05, 0) is 77.0 Å². The van der Waals surface area contributed by atoms with Gasteiger partial charge in [0.1, 0.15) is 40.8 Å². The topological polar surface area (TPSA) is 132 Å². The molecule has 5 heterocycles. The minimum atomic E-state index is -0.559. The Morgan fingerprint density at radius 3 is 2.75 bits per heavy atom. The number of carbonyl (C=O) groups excluding carboxylic acids is 2. The third-order valence-corrected chi connectivity index (χ3v) is 8.55. The fourth-order valence-electron chi connectivity index (χ4n) is 6.13. The number of carbonyl (C=O) groups is 2. The number of nitrogens with one attached hydrogen (secondary N) is 1. The van der Waals surface area contributed by atoms with E-state index in [1.165, 1.54) is 6.33 Å². The smallest absolute Gasteiger partial charge is 0.248 e. The lowest BCUT2D eigenvalue weighted by Crippen LogP contribution is -2.50. The first-order valence-corrected chi connectivity index (χ1v) is 13.9. The summed E-state index contributed by atoms with van der Waals surface area (Å²) in [6, 6.07) is 14.7. The summed E-state index contributed by atoms with van der Waals surface area (Å²) < 4.78 is 2.51. The van der Waals surface area contributed by atoms with E-state index in [-0.39, 0.29) is 24.4 Å². The summed E-state index contributed by atoms with van der Waals surface area (Å²) in [6.45, 7) is 0.0326. The number of fused-ring (bicyclic) bond motifs is 4. The molecule has 5 aromatic rings. The molecule has 0 radical (unpaired) electrons. The Balaban J connectivity index is 1.24. The van der Waals surface area contributed by atoms with Gasteiger partial charge in [-0.15, -0.1) is 0 Å². The second-order valence-electron chi connectivity index (χ2n) is 10.3. The number of nitrogens with zero attached hydrogens (tertiary/aromatic N) is 6. The van der Waals surface area contributed by atoms with Gasteiger partial charge in [-0.3, -0.25) is 14.6 Å². The zero-order valence-corrected chi connectivity index (χ0v) is 23.0. The van der Waals surface area contributed by atoms with Crippen molar-refractivity contribution in [3.63, 3.8) is 0 Å². The van der Waals surface area contributed by atoms with Gasteiger partial charge in [-0.25, -0.2) is 15.0 Å². The molecule has 11 heteroatoms. The largest absolute Gasteiger partial charge is 0.383 e. The molecule has 0 bridgehead atoms. The zero-order valence-electron chi connectivity index (χ0n) is 21.4. The van der Waals surface area contributed by atoms with Crippen molar-refractivity contribution in [1.29, 1.82) is 0 Å². The Hall–Kier alpha value is -4.38. The maximum Gasteiger partial charge on any atom is 0.248 e. The van der Waals surface area contributed by atoms with Gasteiger partial charge in [-0.1, -0.05) is 18.2 Å². The van der Waals surface area contributed by atoms with Crippen LogP contribution in [0.15, 0.2) is 71.9 Å². The number of amides is 2. The Morgan fingerprint density at radius 2 is 1.98 bits per heavy atom. The van der Waals surface area contributed by atoms with Crippen molar-refractivity contribution in [2.24, 2.45) is 5.92 Å². The lowest BCUT2D eigenvalue weighted by Gasteiger charge is -2.37. The van der Waals surface area contributed by atoms with Crippen LogP contribution in [0, 0.1) is 5.92 Å². The molecule has 2 aliphatic rings. The normalized spacial score (nSPS) is 19.9. The Bertz CT molecular complexity index is 1790. The molecule has 0 unspecified atom stereocenters. The predicted molar refractivity (Wildman–Crippen MR) is 155 cm³/mol. The number of nitrogen functional groups attached to an aromatic ring is 1. The molecule has 10 nitrogen and oxygen atoms in total. The molecule has 200 valence electrons. The first-order chi connectivity index (χ1) is 19.5. The molecule has 3 atom stereocenters. The van der Waals surface area contributed by atoms with E-state index in [1.54, 1.807) is 29.4 Å². The molecule has 2 fully saturated rings. The number of aromatic nitrogens is 5. The van der Waals surface area contributed by atoms with Crippen molar-refractivity contribution < 1.29 is 9.59 Å². The molecule has 0 spiro atoms. The zero-order chi connectivity index (χ0) is 27.4. The number of hydrogen-bond donors (Lipinski definition) is 2. The van der Waals surface area contributed by atoms with Gasteiger partial charge >= 0.3 is 0 Å². The van der Waals surface area contributed by atoms with Crippen LogP contribution < -0.4 is 11.1 Å². The number of likely N-dealkylation sites (tertiary alicyclic amines) is 1. The molecule has 1 aliphatic heterocycles. The van der Waals surface area contributed by atoms with Crippen LogP contribution in [0.1, 0.15) is 19.3 Å². The highest BCUT2D eigenvalue weighted by Gasteiger charge is 2.51. The molecule has 1 saturated heterocycles. The number of nitrogens with two attached hydrogens (primary N) is 1. The minimum Gasteiger partial charge on any atom is -0.383 e. The van der Waals surface area contributed by atoms with E-state index >= 15 is 0 Å². The summed E-state index contributed by atoms with van der Waals surface area (Å²) >= 11 is 3.34. The van der Waals surface area contributed by atoms with Crippen LogP contribution in [0.2, 0.25) is 0 Å². The average Bonchev–Trinajstić information content (AvgIpc) is 3.40. The standard InChI is InChI=1S/C29H25BrN8O2/c30-23-4-1-5-24(35-23)36-29(40)22-12-17-7-8-20(17)38(22)25(39)14-37-21-9-6-16(18-3-2-10-32-13-18)11-19(21)26-27(31)33-15-34-28(26)37/h1-6,9-11,13,15,17,20,22H,7-8,12,14H2,(H2,31,33,34)(H,35,36,40)/t17-,20-,22+/m1/s1. The van der Waals surface area contributed by atoms with Crippen molar-refractivity contribution in [3.8, 4) is 11.1 Å². The first-order valence-electron chi connectivity index (χ1n) is 13.2. The lowest BCUT2D eigenvalue weighted by atomic mass is 9.80. The Morgan fingerprint density at radius 1 is 1.07 bits per heavy atom. The monoisotopic (exact) mass is 596 g/mol. The van der Waals surface area contributed by atoms with Crippen molar-refractivity contribution in [1.82, 2.24) is 29.4 Å². The highest BCUT2D eigenvalue weighted by molar-refractivity contribution is 9.10. The van der Waals surface area contributed by atoms with Gasteiger partial charge in [0.05, 0.1) is 10.9 Å². The molecule has 1 saturated carbocycles. The average molecular weight is 597 g/mol. The summed E-state index contributed by atoms with van der Waals surface area (Å²) in [7, 11) is 0. The lowest BCUT2D eigenvalue weighted by molar-refractivity contribution is -0.140. The maximum atomic E-state index is 14.0. The maximum absolute atomic E-state index is 14.0. The minimum absolute atomic E-state index is 0.0326. The molecular weight excluding hydrogens is 572 g/mol. The highest BCUT2D eigenvalue weighted by Crippen LogP contribution is 2.44. The fraction of sp³-hybridized carbons (Fsp3) is 0.241. The summed E-state index contributed by atoms with van der Waals surface area (Å²) in [5, 5.41) is 4.47. The first kappa shape index (κ1) is 24.6. The fourth-order valence-corrected chi connectivity index (χ4v) is 6.48. The van der Waals surface area contributed by atoms with E-state index in [9.17, 15) is 9.59 Å². The molecular formula is C29H25BrN8O2. The van der Waals surface area contributed by atoms with Gasteiger partial charge in [-0.2, -0.15) is 0 Å². The SMILES string of the molecule is Nc1ncnc2c1c1cc(-c3cccnc3)ccc1n2CC(=O)N1[C@@H]2CC[C@@H]2C[C@H]1C(=O)Nc1cccc(Br)n1. The van der Waals surface area contributed by atoms with E-state index < -0.39 is 6.04 Å². The Labute approximate surface area is 237 Å². The van der Waals surface area contributed by atoms with Crippen molar-refractivity contribution in [3.05, 3.63) is 71.9 Å². The van der Waals surface area contributed by atoms with Gasteiger partial charge in [0, 0.05) is 29.4 Å². The molecule has 40 heavy (non-hydrogen) atoms. The van der Waals surface area contributed by atoms with Gasteiger partial charge in [0.25, 0.3) is 0 Å². The summed E-state index contributed by atoms with van der Waals surface area (Å²) in [5.74, 6) is 0.784. The van der Waals surface area contributed by atoms with Gasteiger partial charge in [0.15, 0.2) is 0 Å². The van der Waals surface area contributed by atoms with Gasteiger partial charge < -0.3 is 20.5 Å². The quantitative estimate of drug-likeness (QED) is 0.287.